The van der Waals surface area contributed by atoms with Crippen LogP contribution in [-0.4, -0.2) is 28.5 Å². The monoisotopic (exact) mass is 239 g/mol. The van der Waals surface area contributed by atoms with Crippen molar-refractivity contribution in [3.8, 4) is 0 Å². The molecule has 1 N–H and O–H groups in total. The summed E-state index contributed by atoms with van der Waals surface area (Å²) < 4.78 is 0. The highest BCUT2D eigenvalue weighted by Crippen LogP contribution is 2.18. The first-order valence-electron chi connectivity index (χ1n) is 5.36. The van der Waals surface area contributed by atoms with Gasteiger partial charge in [0.1, 0.15) is 5.82 Å². The van der Waals surface area contributed by atoms with Crippen molar-refractivity contribution in [2.75, 3.05) is 11.9 Å². The molecule has 1 saturated heterocycles. The molecule has 16 heavy (non-hydrogen) atoms. The van der Waals surface area contributed by atoms with Crippen molar-refractivity contribution in [2.45, 2.75) is 25.8 Å². The summed E-state index contributed by atoms with van der Waals surface area (Å²) in [4.78, 5) is 17.7. The van der Waals surface area contributed by atoms with Crippen LogP contribution in [0.5, 0.6) is 0 Å². The Labute approximate surface area is 99.6 Å². The van der Waals surface area contributed by atoms with E-state index in [-0.39, 0.29) is 6.03 Å². The Morgan fingerprint density at radius 1 is 1.62 bits per heavy atom. The molecule has 1 aromatic rings. The van der Waals surface area contributed by atoms with Gasteiger partial charge in [-0.25, -0.2) is 9.78 Å². The summed E-state index contributed by atoms with van der Waals surface area (Å²) >= 11 is 5.71. The highest BCUT2D eigenvalue weighted by molar-refractivity contribution is 6.30. The largest absolute Gasteiger partial charge is 0.323 e. The third-order valence-corrected chi connectivity index (χ3v) is 3.00. The molecule has 2 heterocycles. The molecule has 0 aromatic carbocycles. The molecule has 1 unspecified atom stereocenters. The fourth-order valence-corrected chi connectivity index (χ4v) is 1.98. The van der Waals surface area contributed by atoms with Gasteiger partial charge in [-0.05, 0) is 31.9 Å². The average Bonchev–Trinajstić information content (AvgIpc) is 2.68. The van der Waals surface area contributed by atoms with E-state index in [9.17, 15) is 4.79 Å². The fourth-order valence-electron chi connectivity index (χ4n) is 1.87. The molecule has 0 radical (unpaired) electrons. The van der Waals surface area contributed by atoms with Crippen LogP contribution in [0, 0.1) is 0 Å². The van der Waals surface area contributed by atoms with E-state index in [1.54, 1.807) is 12.1 Å². The average molecular weight is 240 g/mol. The summed E-state index contributed by atoms with van der Waals surface area (Å²) in [5.41, 5.74) is 0. The van der Waals surface area contributed by atoms with Gasteiger partial charge in [0.15, 0.2) is 0 Å². The quantitative estimate of drug-likeness (QED) is 0.819. The van der Waals surface area contributed by atoms with E-state index in [1.165, 1.54) is 6.20 Å². The normalized spacial score (nSPS) is 19.9. The maximum Gasteiger partial charge on any atom is 0.323 e. The Bertz CT molecular complexity index is 379. The molecule has 1 atom stereocenters. The summed E-state index contributed by atoms with van der Waals surface area (Å²) in [6, 6.07) is 3.63. The Morgan fingerprint density at radius 3 is 3.00 bits per heavy atom. The molecule has 0 aliphatic carbocycles. The Morgan fingerprint density at radius 2 is 2.44 bits per heavy atom. The van der Waals surface area contributed by atoms with Crippen LogP contribution >= 0.6 is 11.6 Å². The number of aromatic nitrogens is 1. The van der Waals surface area contributed by atoms with Crippen LogP contribution in [0.15, 0.2) is 18.3 Å². The molecule has 0 saturated carbocycles. The SMILES string of the molecule is CC1CCCN1C(=O)Nc1ccc(Cl)cn1. The number of hydrogen-bond acceptors (Lipinski definition) is 2. The van der Waals surface area contributed by atoms with Crippen LogP contribution in [0.25, 0.3) is 0 Å². The lowest BCUT2D eigenvalue weighted by Gasteiger charge is -2.21. The summed E-state index contributed by atoms with van der Waals surface area (Å²) in [6.07, 6.45) is 3.66. The minimum Gasteiger partial charge on any atom is -0.322 e. The molecule has 0 bridgehead atoms. The fraction of sp³-hybridized carbons (Fsp3) is 0.455. The van der Waals surface area contributed by atoms with E-state index in [0.29, 0.717) is 16.9 Å². The number of anilines is 1. The number of carbonyl (C=O) groups excluding carboxylic acids is 1. The molecule has 2 rings (SSSR count). The van der Waals surface area contributed by atoms with Gasteiger partial charge >= 0.3 is 6.03 Å². The zero-order valence-corrected chi connectivity index (χ0v) is 9.87. The number of halogens is 1. The van der Waals surface area contributed by atoms with Gasteiger partial charge in [0.25, 0.3) is 0 Å². The number of hydrogen-bond donors (Lipinski definition) is 1. The van der Waals surface area contributed by atoms with Gasteiger partial charge in [0.2, 0.25) is 0 Å². The van der Waals surface area contributed by atoms with Crippen molar-refractivity contribution < 1.29 is 4.79 Å². The van der Waals surface area contributed by atoms with Crippen molar-refractivity contribution in [2.24, 2.45) is 0 Å². The number of urea groups is 1. The Kier molecular flexibility index (Phi) is 3.29. The zero-order valence-electron chi connectivity index (χ0n) is 9.11. The number of carbonyl (C=O) groups is 1. The lowest BCUT2D eigenvalue weighted by Crippen LogP contribution is -2.37. The van der Waals surface area contributed by atoms with Crippen molar-refractivity contribution in [3.05, 3.63) is 23.4 Å². The standard InChI is InChI=1S/C11H14ClN3O/c1-8-3-2-6-15(8)11(16)14-10-5-4-9(12)7-13-10/h4-5,7-8H,2-3,6H2,1H3,(H,13,14,16). The van der Waals surface area contributed by atoms with E-state index in [2.05, 4.69) is 17.2 Å². The molecule has 4 nitrogen and oxygen atoms in total. The van der Waals surface area contributed by atoms with Crippen molar-refractivity contribution in [1.29, 1.82) is 0 Å². The van der Waals surface area contributed by atoms with Crippen molar-refractivity contribution in [1.82, 2.24) is 9.88 Å². The van der Waals surface area contributed by atoms with E-state index in [0.717, 1.165) is 19.4 Å². The number of likely N-dealkylation sites (tertiary alicyclic amines) is 1. The molecule has 1 aromatic heterocycles. The number of amides is 2. The van der Waals surface area contributed by atoms with E-state index >= 15 is 0 Å². The van der Waals surface area contributed by atoms with Crippen molar-refractivity contribution >= 4 is 23.4 Å². The topological polar surface area (TPSA) is 45.2 Å². The van der Waals surface area contributed by atoms with Gasteiger partial charge in [0, 0.05) is 18.8 Å². The summed E-state index contributed by atoms with van der Waals surface area (Å²) in [6.45, 7) is 2.88. The van der Waals surface area contributed by atoms with Gasteiger partial charge in [-0.2, -0.15) is 0 Å². The highest BCUT2D eigenvalue weighted by atomic mass is 35.5. The van der Waals surface area contributed by atoms with Gasteiger partial charge in [-0.15, -0.1) is 0 Å². The second-order valence-corrected chi connectivity index (χ2v) is 4.41. The first-order valence-corrected chi connectivity index (χ1v) is 5.74. The second kappa shape index (κ2) is 4.70. The summed E-state index contributed by atoms with van der Waals surface area (Å²) in [5.74, 6) is 0.536. The number of nitrogens with one attached hydrogen (secondary N) is 1. The predicted molar refractivity (Wildman–Crippen MR) is 63.7 cm³/mol. The third-order valence-electron chi connectivity index (χ3n) is 2.78. The van der Waals surface area contributed by atoms with E-state index in [4.69, 9.17) is 11.6 Å². The maximum absolute atomic E-state index is 11.9. The number of pyridine rings is 1. The van der Waals surface area contributed by atoms with Crippen LogP contribution in [0.3, 0.4) is 0 Å². The molecule has 1 aliphatic rings. The molecule has 0 spiro atoms. The number of nitrogens with zero attached hydrogens (tertiary/aromatic N) is 2. The molecule has 1 aliphatic heterocycles. The van der Waals surface area contributed by atoms with Crippen LogP contribution in [0.1, 0.15) is 19.8 Å². The van der Waals surface area contributed by atoms with Crippen LogP contribution < -0.4 is 5.32 Å². The van der Waals surface area contributed by atoms with Gasteiger partial charge in [-0.1, -0.05) is 11.6 Å². The molecule has 2 amide bonds. The van der Waals surface area contributed by atoms with E-state index < -0.39 is 0 Å². The molecule has 5 heteroatoms. The summed E-state index contributed by atoms with van der Waals surface area (Å²) in [7, 11) is 0. The van der Waals surface area contributed by atoms with Gasteiger partial charge < -0.3 is 4.90 Å². The molecule has 86 valence electrons. The summed E-state index contributed by atoms with van der Waals surface area (Å²) in [5, 5.41) is 3.32. The van der Waals surface area contributed by atoms with Crippen LogP contribution in [0.4, 0.5) is 10.6 Å². The predicted octanol–water partition coefficient (Wildman–Crippen LogP) is 2.75. The maximum atomic E-state index is 11.9. The third kappa shape index (κ3) is 2.44. The zero-order chi connectivity index (χ0) is 11.5. The van der Waals surface area contributed by atoms with Gasteiger partial charge in [-0.3, -0.25) is 5.32 Å². The van der Waals surface area contributed by atoms with Crippen LogP contribution in [0.2, 0.25) is 5.02 Å². The number of rotatable bonds is 1. The van der Waals surface area contributed by atoms with Crippen molar-refractivity contribution in [3.63, 3.8) is 0 Å². The lowest BCUT2D eigenvalue weighted by atomic mass is 10.2. The minimum atomic E-state index is -0.0835. The molecular formula is C11H14ClN3O. The Balaban J connectivity index is 1.99. The van der Waals surface area contributed by atoms with E-state index in [1.807, 2.05) is 4.90 Å². The molecule has 1 fully saturated rings. The lowest BCUT2D eigenvalue weighted by molar-refractivity contribution is 0.210. The first-order chi connectivity index (χ1) is 7.66. The van der Waals surface area contributed by atoms with Gasteiger partial charge in [0.05, 0.1) is 5.02 Å². The van der Waals surface area contributed by atoms with Crippen LogP contribution in [-0.2, 0) is 0 Å². The highest BCUT2D eigenvalue weighted by Gasteiger charge is 2.25. The smallest absolute Gasteiger partial charge is 0.322 e. The minimum absolute atomic E-state index is 0.0835. The first kappa shape index (κ1) is 11.2. The Hall–Kier alpha value is -1.29. The second-order valence-electron chi connectivity index (χ2n) is 3.98. The molecular weight excluding hydrogens is 226 g/mol.